The van der Waals surface area contributed by atoms with Crippen LogP contribution in [0.3, 0.4) is 0 Å². The normalized spacial score (nSPS) is 19.5. The number of likely N-dealkylation sites (tertiary alicyclic amines) is 1. The van der Waals surface area contributed by atoms with E-state index in [1.165, 1.54) is 16.9 Å². The van der Waals surface area contributed by atoms with Crippen molar-refractivity contribution in [1.29, 1.82) is 0 Å². The van der Waals surface area contributed by atoms with Crippen molar-refractivity contribution in [3.05, 3.63) is 45.9 Å². The molecule has 7 heteroatoms. The molecule has 1 aliphatic heterocycles. The maximum absolute atomic E-state index is 12.4. The minimum Gasteiger partial charge on any atom is -0.486 e. The van der Waals surface area contributed by atoms with Gasteiger partial charge in [-0.15, -0.1) is 11.3 Å². The van der Waals surface area contributed by atoms with Crippen LogP contribution in [0.15, 0.2) is 29.6 Å². The maximum Gasteiger partial charge on any atom is 0.311 e. The van der Waals surface area contributed by atoms with E-state index >= 15 is 0 Å². The summed E-state index contributed by atoms with van der Waals surface area (Å²) in [6, 6.07) is 7.81. The number of nitrogens with zero attached hydrogens (tertiary/aromatic N) is 2. The first-order chi connectivity index (χ1) is 12.4. The predicted molar refractivity (Wildman–Crippen MR) is 98.3 cm³/mol. The van der Waals surface area contributed by atoms with E-state index in [9.17, 15) is 14.7 Å². The molecule has 0 saturated carbocycles. The predicted octanol–water partition coefficient (Wildman–Crippen LogP) is 2.90. The molecule has 3 rings (SSSR count). The highest BCUT2D eigenvalue weighted by Crippen LogP contribution is 2.30. The van der Waals surface area contributed by atoms with Crippen LogP contribution in [0, 0.1) is 12.3 Å². The van der Waals surface area contributed by atoms with E-state index in [2.05, 4.69) is 4.98 Å². The number of hydrogen-bond acceptors (Lipinski definition) is 5. The van der Waals surface area contributed by atoms with Crippen LogP contribution in [0.4, 0.5) is 0 Å². The molecule has 1 aromatic carbocycles. The molecule has 2 aromatic rings. The molecule has 0 radical (unpaired) electrons. The van der Waals surface area contributed by atoms with E-state index in [1.54, 1.807) is 11.8 Å². The fraction of sp³-hybridized carbons (Fsp3) is 0.421. The molecule has 1 amide bonds. The summed E-state index contributed by atoms with van der Waals surface area (Å²) in [6.45, 7) is 4.81. The van der Waals surface area contributed by atoms with Gasteiger partial charge in [0.15, 0.2) is 0 Å². The van der Waals surface area contributed by atoms with Crippen LogP contribution in [-0.2, 0) is 22.6 Å². The van der Waals surface area contributed by atoms with Crippen molar-refractivity contribution < 1.29 is 19.4 Å². The van der Waals surface area contributed by atoms with Crippen molar-refractivity contribution in [1.82, 2.24) is 9.88 Å². The zero-order chi connectivity index (χ0) is 18.7. The summed E-state index contributed by atoms with van der Waals surface area (Å²) in [5.74, 6) is -0.142. The van der Waals surface area contributed by atoms with Crippen LogP contribution in [-0.4, -0.2) is 40.0 Å². The molecule has 0 spiro atoms. The standard InChI is InChI=1S/C19H22N2O4S/c1-13-3-5-15(6-4-13)25-10-16-20-14(11-26-16)9-17(22)21-8-7-19(2,12-21)18(23)24/h3-6,11H,7-10,12H2,1-2H3,(H,23,24). The molecule has 1 atom stereocenters. The van der Waals surface area contributed by atoms with Gasteiger partial charge in [-0.3, -0.25) is 9.59 Å². The Kier molecular flexibility index (Phi) is 5.27. The first-order valence-corrected chi connectivity index (χ1v) is 9.38. The number of benzene rings is 1. The third-order valence-corrected chi connectivity index (χ3v) is 5.53. The van der Waals surface area contributed by atoms with Gasteiger partial charge < -0.3 is 14.7 Å². The highest BCUT2D eigenvalue weighted by atomic mass is 32.1. The fourth-order valence-corrected chi connectivity index (χ4v) is 3.60. The summed E-state index contributed by atoms with van der Waals surface area (Å²) < 4.78 is 5.71. The van der Waals surface area contributed by atoms with Crippen LogP contribution in [0.2, 0.25) is 0 Å². The van der Waals surface area contributed by atoms with Gasteiger partial charge in [0.25, 0.3) is 0 Å². The van der Waals surface area contributed by atoms with Gasteiger partial charge in [0.1, 0.15) is 17.4 Å². The van der Waals surface area contributed by atoms with Crippen LogP contribution < -0.4 is 4.74 Å². The quantitative estimate of drug-likeness (QED) is 0.841. The lowest BCUT2D eigenvalue weighted by Crippen LogP contribution is -2.35. The van der Waals surface area contributed by atoms with Gasteiger partial charge >= 0.3 is 5.97 Å². The number of aliphatic carboxylic acids is 1. The molecule has 26 heavy (non-hydrogen) atoms. The summed E-state index contributed by atoms with van der Waals surface area (Å²) in [5, 5.41) is 11.9. The average molecular weight is 374 g/mol. The summed E-state index contributed by atoms with van der Waals surface area (Å²) >= 11 is 1.46. The number of carboxylic acid groups (broad SMARTS) is 1. The Hall–Kier alpha value is -2.41. The SMILES string of the molecule is Cc1ccc(OCc2nc(CC(=O)N3CCC(C)(C(=O)O)C3)cs2)cc1. The van der Waals surface area contributed by atoms with Crippen molar-refractivity contribution in [3.63, 3.8) is 0 Å². The number of thiazole rings is 1. The average Bonchev–Trinajstić information content (AvgIpc) is 3.22. The van der Waals surface area contributed by atoms with Crippen molar-refractivity contribution in [3.8, 4) is 5.75 Å². The number of aromatic nitrogens is 1. The minimum atomic E-state index is -0.850. The summed E-state index contributed by atoms with van der Waals surface area (Å²) in [5.41, 5.74) is 1.03. The number of amides is 1. The molecule has 0 aliphatic carbocycles. The highest BCUT2D eigenvalue weighted by molar-refractivity contribution is 7.09. The Labute approximate surface area is 156 Å². The van der Waals surface area contributed by atoms with Gasteiger partial charge in [-0.25, -0.2) is 4.98 Å². The maximum atomic E-state index is 12.4. The topological polar surface area (TPSA) is 79.7 Å². The lowest BCUT2D eigenvalue weighted by molar-refractivity contribution is -0.147. The van der Waals surface area contributed by atoms with Gasteiger partial charge in [0.05, 0.1) is 17.5 Å². The third kappa shape index (κ3) is 4.22. The zero-order valence-corrected chi connectivity index (χ0v) is 15.7. The molecule has 1 aliphatic rings. The zero-order valence-electron chi connectivity index (χ0n) is 14.9. The molecule has 6 nitrogen and oxygen atoms in total. The van der Waals surface area contributed by atoms with E-state index < -0.39 is 11.4 Å². The van der Waals surface area contributed by atoms with Crippen LogP contribution >= 0.6 is 11.3 Å². The Morgan fingerprint density at radius 2 is 2.08 bits per heavy atom. The smallest absolute Gasteiger partial charge is 0.311 e. The molecule has 1 saturated heterocycles. The number of aryl methyl sites for hydroxylation is 1. The Morgan fingerprint density at radius 1 is 1.35 bits per heavy atom. The second-order valence-electron chi connectivity index (χ2n) is 6.94. The first kappa shape index (κ1) is 18.4. The first-order valence-electron chi connectivity index (χ1n) is 8.50. The second-order valence-corrected chi connectivity index (χ2v) is 7.88. The molecule has 1 unspecified atom stereocenters. The van der Waals surface area contributed by atoms with Gasteiger partial charge in [-0.05, 0) is 32.4 Å². The van der Waals surface area contributed by atoms with E-state index in [0.29, 0.717) is 25.3 Å². The number of hydrogen-bond donors (Lipinski definition) is 1. The van der Waals surface area contributed by atoms with E-state index in [0.717, 1.165) is 10.8 Å². The number of carbonyl (C=O) groups is 2. The summed E-state index contributed by atoms with van der Waals surface area (Å²) in [6.07, 6.45) is 0.678. The van der Waals surface area contributed by atoms with Gasteiger partial charge in [0.2, 0.25) is 5.91 Å². The monoisotopic (exact) mass is 374 g/mol. The fourth-order valence-electron chi connectivity index (χ4n) is 2.89. The summed E-state index contributed by atoms with van der Waals surface area (Å²) in [4.78, 5) is 29.8. The minimum absolute atomic E-state index is 0.0775. The van der Waals surface area contributed by atoms with Crippen molar-refractivity contribution >= 4 is 23.2 Å². The van der Waals surface area contributed by atoms with Crippen molar-refractivity contribution in [2.45, 2.75) is 33.3 Å². The lowest BCUT2D eigenvalue weighted by Gasteiger charge is -2.19. The summed E-state index contributed by atoms with van der Waals surface area (Å²) in [7, 11) is 0. The highest BCUT2D eigenvalue weighted by Gasteiger charge is 2.42. The molecule has 1 fully saturated rings. The molecule has 1 aromatic heterocycles. The Balaban J connectivity index is 1.52. The van der Waals surface area contributed by atoms with Crippen LogP contribution in [0.25, 0.3) is 0 Å². The Bertz CT molecular complexity index is 802. The van der Waals surface area contributed by atoms with Crippen molar-refractivity contribution in [2.24, 2.45) is 5.41 Å². The largest absolute Gasteiger partial charge is 0.486 e. The third-order valence-electron chi connectivity index (χ3n) is 4.66. The van der Waals surface area contributed by atoms with Gasteiger partial charge in [-0.2, -0.15) is 0 Å². The second kappa shape index (κ2) is 7.45. The Morgan fingerprint density at radius 3 is 2.73 bits per heavy atom. The molecular weight excluding hydrogens is 352 g/mol. The molecular formula is C19H22N2O4S. The van der Waals surface area contributed by atoms with E-state index in [1.807, 2.05) is 36.6 Å². The number of rotatable bonds is 6. The van der Waals surface area contributed by atoms with E-state index in [4.69, 9.17) is 4.74 Å². The van der Waals surface area contributed by atoms with Crippen molar-refractivity contribution in [2.75, 3.05) is 13.1 Å². The van der Waals surface area contributed by atoms with E-state index in [-0.39, 0.29) is 18.9 Å². The number of carboxylic acids is 1. The molecule has 2 heterocycles. The lowest BCUT2D eigenvalue weighted by atomic mass is 9.90. The van der Waals surface area contributed by atoms with Gasteiger partial charge in [0, 0.05) is 18.5 Å². The number of carbonyl (C=O) groups excluding carboxylic acids is 1. The number of ether oxygens (including phenoxy) is 1. The molecule has 0 bridgehead atoms. The molecule has 1 N–H and O–H groups in total. The van der Waals surface area contributed by atoms with Crippen LogP contribution in [0.5, 0.6) is 5.75 Å². The van der Waals surface area contributed by atoms with Crippen LogP contribution in [0.1, 0.15) is 29.6 Å². The van der Waals surface area contributed by atoms with Gasteiger partial charge in [-0.1, -0.05) is 17.7 Å². The molecule has 138 valence electrons.